The van der Waals surface area contributed by atoms with Crippen LogP contribution in [0.5, 0.6) is 0 Å². The summed E-state index contributed by atoms with van der Waals surface area (Å²) in [5.41, 5.74) is 7.91. The van der Waals surface area contributed by atoms with Crippen molar-refractivity contribution in [2.24, 2.45) is 11.1 Å². The number of rotatable bonds is 8. The molecule has 8 heteroatoms. The number of benzene rings is 1. The highest BCUT2D eigenvalue weighted by molar-refractivity contribution is 5.95. The summed E-state index contributed by atoms with van der Waals surface area (Å²) in [5, 5.41) is 13.5. The van der Waals surface area contributed by atoms with Crippen LogP contribution in [0.3, 0.4) is 0 Å². The van der Waals surface area contributed by atoms with Gasteiger partial charge in [0.2, 0.25) is 5.91 Å². The van der Waals surface area contributed by atoms with E-state index >= 15 is 0 Å². The first-order valence-electron chi connectivity index (χ1n) is 12.1. The van der Waals surface area contributed by atoms with Crippen molar-refractivity contribution in [2.45, 2.75) is 70.6 Å². The van der Waals surface area contributed by atoms with Crippen LogP contribution in [0.1, 0.15) is 51.5 Å². The number of ether oxygens (including phenoxy) is 1. The Hall–Kier alpha value is -2.16. The number of carbonyl (C=O) groups is 2. The summed E-state index contributed by atoms with van der Waals surface area (Å²) >= 11 is 0. The molecule has 0 bridgehead atoms. The number of anilines is 1. The van der Waals surface area contributed by atoms with Crippen LogP contribution in [0.15, 0.2) is 24.3 Å². The van der Waals surface area contributed by atoms with Gasteiger partial charge in [0.25, 0.3) is 0 Å². The average Bonchev–Trinajstić information content (AvgIpc) is 2.78. The van der Waals surface area contributed by atoms with Crippen LogP contribution in [0.25, 0.3) is 0 Å². The van der Waals surface area contributed by atoms with E-state index in [9.17, 15) is 14.7 Å². The van der Waals surface area contributed by atoms with Gasteiger partial charge < -0.3 is 30.7 Å². The van der Waals surface area contributed by atoms with Crippen molar-refractivity contribution in [1.82, 2.24) is 10.2 Å². The van der Waals surface area contributed by atoms with Gasteiger partial charge >= 0.3 is 6.09 Å². The van der Waals surface area contributed by atoms with Crippen LogP contribution in [0.2, 0.25) is 0 Å². The Labute approximate surface area is 197 Å². The number of para-hydroxylation sites is 1. The lowest BCUT2D eigenvalue weighted by atomic mass is 9.80. The van der Waals surface area contributed by atoms with E-state index in [1.54, 1.807) is 4.90 Å². The second kappa shape index (κ2) is 11.3. The molecule has 1 aromatic rings. The Morgan fingerprint density at radius 3 is 2.64 bits per heavy atom. The molecule has 2 heterocycles. The second-order valence-electron chi connectivity index (χ2n) is 10.3. The molecule has 1 fully saturated rings. The monoisotopic (exact) mass is 460 g/mol. The number of methoxy groups -OCH3 is 1. The Morgan fingerprint density at radius 2 is 1.94 bits per heavy atom. The summed E-state index contributed by atoms with van der Waals surface area (Å²) in [6, 6.07) is 7.19. The zero-order valence-corrected chi connectivity index (χ0v) is 20.3. The van der Waals surface area contributed by atoms with Crippen LogP contribution in [-0.4, -0.2) is 73.5 Å². The van der Waals surface area contributed by atoms with Crippen LogP contribution in [-0.2, 0) is 16.0 Å². The summed E-state index contributed by atoms with van der Waals surface area (Å²) in [6.45, 7) is 7.06. The number of nitrogens with one attached hydrogen (secondary N) is 1. The fourth-order valence-electron chi connectivity index (χ4n) is 5.05. The number of aliphatic hydroxyl groups excluding tert-OH is 1. The molecule has 2 aliphatic rings. The third kappa shape index (κ3) is 7.16. The molecule has 3 rings (SSSR count). The molecule has 3 atom stereocenters. The molecule has 2 amide bonds. The molecular weight excluding hydrogens is 420 g/mol. The van der Waals surface area contributed by atoms with E-state index < -0.39 is 18.2 Å². The van der Waals surface area contributed by atoms with Gasteiger partial charge in [0.1, 0.15) is 0 Å². The predicted molar refractivity (Wildman–Crippen MR) is 129 cm³/mol. The summed E-state index contributed by atoms with van der Waals surface area (Å²) in [6.07, 6.45) is 3.98. The number of hydrogen-bond acceptors (Lipinski definition) is 6. The van der Waals surface area contributed by atoms with Crippen molar-refractivity contribution in [1.29, 1.82) is 0 Å². The molecule has 0 aromatic heterocycles. The van der Waals surface area contributed by atoms with Crippen LogP contribution >= 0.6 is 0 Å². The molecule has 4 N–H and O–H groups in total. The standard InChI is InChI=1S/C25H40N4O4/c1-25(2,14-20(26)22(30)17-28-11-7-4-8-12-28)15-23(31)29-16-19(27-24(32)33-3)13-18-9-5-6-10-21(18)29/h5-6,9-10,19-20,22,30H,4,7-8,11-17,26H2,1-3H3,(H,27,32). The highest BCUT2D eigenvalue weighted by Gasteiger charge is 2.34. The van der Waals surface area contributed by atoms with Crippen molar-refractivity contribution >= 4 is 17.7 Å². The van der Waals surface area contributed by atoms with Crippen molar-refractivity contribution in [2.75, 3.05) is 38.2 Å². The van der Waals surface area contributed by atoms with Gasteiger partial charge in [0.05, 0.1) is 19.3 Å². The molecule has 8 nitrogen and oxygen atoms in total. The first-order valence-corrected chi connectivity index (χ1v) is 12.1. The number of hydrogen-bond donors (Lipinski definition) is 3. The topological polar surface area (TPSA) is 108 Å². The van der Waals surface area contributed by atoms with Gasteiger partial charge in [-0.25, -0.2) is 4.79 Å². The highest BCUT2D eigenvalue weighted by Crippen LogP contribution is 2.32. The molecule has 184 valence electrons. The number of β-amino-alcohol motifs (C(OH)–C–C–N with tert-alkyl or cyclic N) is 1. The lowest BCUT2D eigenvalue weighted by Crippen LogP contribution is -2.51. The number of nitrogens with two attached hydrogens (primary N) is 1. The molecule has 0 saturated carbocycles. The molecule has 3 unspecified atom stereocenters. The zero-order valence-electron chi connectivity index (χ0n) is 20.3. The summed E-state index contributed by atoms with van der Waals surface area (Å²) in [7, 11) is 1.33. The number of likely N-dealkylation sites (tertiary alicyclic amines) is 1. The minimum absolute atomic E-state index is 0.0125. The fraction of sp³-hybridized carbons (Fsp3) is 0.680. The summed E-state index contributed by atoms with van der Waals surface area (Å²) in [5.74, 6) is -0.0125. The molecule has 0 radical (unpaired) electrons. The van der Waals surface area contributed by atoms with E-state index in [-0.39, 0.29) is 17.4 Å². The van der Waals surface area contributed by atoms with E-state index in [0.717, 1.165) is 24.3 Å². The van der Waals surface area contributed by atoms with Crippen LogP contribution < -0.4 is 16.0 Å². The fourth-order valence-corrected chi connectivity index (χ4v) is 5.05. The van der Waals surface area contributed by atoms with Crippen molar-refractivity contribution in [3.8, 4) is 0 Å². The third-order valence-electron chi connectivity index (χ3n) is 6.77. The van der Waals surface area contributed by atoms with Gasteiger partial charge in [0, 0.05) is 31.2 Å². The summed E-state index contributed by atoms with van der Waals surface area (Å²) < 4.78 is 4.74. The maximum absolute atomic E-state index is 13.4. The Balaban J connectivity index is 1.62. The number of alkyl carbamates (subject to hydrolysis) is 1. The Morgan fingerprint density at radius 1 is 1.24 bits per heavy atom. The van der Waals surface area contributed by atoms with E-state index in [1.807, 2.05) is 38.1 Å². The van der Waals surface area contributed by atoms with E-state index in [4.69, 9.17) is 10.5 Å². The SMILES string of the molecule is COC(=O)NC1Cc2ccccc2N(C(=O)CC(C)(C)CC(N)C(O)CN2CCCCC2)C1. The molecule has 33 heavy (non-hydrogen) atoms. The smallest absolute Gasteiger partial charge is 0.407 e. The largest absolute Gasteiger partial charge is 0.453 e. The van der Waals surface area contributed by atoms with Gasteiger partial charge in [-0.15, -0.1) is 0 Å². The van der Waals surface area contributed by atoms with Gasteiger partial charge in [-0.1, -0.05) is 38.5 Å². The number of piperidine rings is 1. The Kier molecular flexibility index (Phi) is 8.73. The third-order valence-corrected chi connectivity index (χ3v) is 6.77. The first kappa shape index (κ1) is 25.5. The number of aliphatic hydroxyl groups is 1. The minimum Gasteiger partial charge on any atom is -0.453 e. The minimum atomic E-state index is -0.609. The average molecular weight is 461 g/mol. The molecule has 1 aromatic carbocycles. The lowest BCUT2D eigenvalue weighted by Gasteiger charge is -2.37. The summed E-state index contributed by atoms with van der Waals surface area (Å²) in [4.78, 5) is 29.2. The van der Waals surface area contributed by atoms with Crippen LogP contribution in [0.4, 0.5) is 10.5 Å². The van der Waals surface area contributed by atoms with Gasteiger partial charge in [-0.05, 0) is 55.8 Å². The maximum Gasteiger partial charge on any atom is 0.407 e. The number of carbonyl (C=O) groups excluding carboxylic acids is 2. The van der Waals surface area contributed by atoms with Gasteiger partial charge in [-0.3, -0.25) is 4.79 Å². The van der Waals surface area contributed by atoms with Crippen molar-refractivity contribution in [3.63, 3.8) is 0 Å². The van der Waals surface area contributed by atoms with Gasteiger partial charge in [-0.2, -0.15) is 0 Å². The van der Waals surface area contributed by atoms with Crippen molar-refractivity contribution < 1.29 is 19.4 Å². The number of fused-ring (bicyclic) bond motifs is 1. The molecule has 0 spiro atoms. The zero-order chi connectivity index (χ0) is 24.0. The predicted octanol–water partition coefficient (Wildman–Crippen LogP) is 2.28. The highest BCUT2D eigenvalue weighted by atomic mass is 16.5. The Bertz CT molecular complexity index is 809. The lowest BCUT2D eigenvalue weighted by molar-refractivity contribution is -0.120. The maximum atomic E-state index is 13.4. The number of nitrogens with zero attached hydrogens (tertiary/aromatic N) is 2. The quantitative estimate of drug-likeness (QED) is 0.549. The molecule has 1 saturated heterocycles. The normalized spacial score (nSPS) is 21.1. The number of amides is 2. The van der Waals surface area contributed by atoms with Crippen molar-refractivity contribution in [3.05, 3.63) is 29.8 Å². The van der Waals surface area contributed by atoms with E-state index in [0.29, 0.717) is 32.4 Å². The van der Waals surface area contributed by atoms with Crippen LogP contribution in [0, 0.1) is 5.41 Å². The van der Waals surface area contributed by atoms with Gasteiger partial charge in [0.15, 0.2) is 0 Å². The van der Waals surface area contributed by atoms with E-state index in [2.05, 4.69) is 10.2 Å². The molecule has 0 aliphatic carbocycles. The molecular formula is C25H40N4O4. The second-order valence-corrected chi connectivity index (χ2v) is 10.3. The van der Waals surface area contributed by atoms with E-state index in [1.165, 1.54) is 26.4 Å². The first-order chi connectivity index (χ1) is 15.7. The molecule has 2 aliphatic heterocycles.